The largest absolute Gasteiger partial charge is 0.368 e. The van der Waals surface area contributed by atoms with Crippen LogP contribution in [0.15, 0.2) is 59.5 Å². The Morgan fingerprint density at radius 2 is 1.72 bits per heavy atom. The molecular weight excluding hydrogens is 388 g/mol. The Balaban J connectivity index is 1.48. The third-order valence-corrected chi connectivity index (χ3v) is 5.79. The number of rotatable bonds is 4. The molecule has 0 aliphatic heterocycles. The molecule has 0 unspecified atom stereocenters. The third-order valence-electron chi connectivity index (χ3n) is 5.49. The molecule has 1 fully saturated rings. The van der Waals surface area contributed by atoms with Crippen molar-refractivity contribution in [2.45, 2.75) is 24.7 Å². The Morgan fingerprint density at radius 3 is 2.38 bits per heavy atom. The van der Waals surface area contributed by atoms with Gasteiger partial charge in [-0.1, -0.05) is 47.4 Å². The van der Waals surface area contributed by atoms with Gasteiger partial charge in [0.05, 0.1) is 11.0 Å². The summed E-state index contributed by atoms with van der Waals surface area (Å²) in [7, 11) is 0. The lowest BCUT2D eigenvalue weighted by Gasteiger charge is -2.39. The van der Waals surface area contributed by atoms with Gasteiger partial charge in [0, 0.05) is 24.2 Å². The van der Waals surface area contributed by atoms with Crippen molar-refractivity contribution in [3.8, 4) is 22.6 Å². The highest BCUT2D eigenvalue weighted by molar-refractivity contribution is 6.31. The molecule has 0 bridgehead atoms. The zero-order valence-corrected chi connectivity index (χ0v) is 16.2. The molecule has 1 saturated carbocycles. The Labute approximate surface area is 172 Å². The van der Waals surface area contributed by atoms with Gasteiger partial charge in [-0.2, -0.15) is 4.98 Å². The second kappa shape index (κ2) is 6.93. The van der Waals surface area contributed by atoms with Crippen LogP contribution < -0.4 is 5.73 Å². The smallest absolute Gasteiger partial charge is 0.261 e. The molecule has 1 aliphatic rings. The highest BCUT2D eigenvalue weighted by atomic mass is 35.5. The molecule has 0 spiro atoms. The van der Waals surface area contributed by atoms with E-state index >= 15 is 0 Å². The zero-order chi connectivity index (χ0) is 19.8. The lowest BCUT2D eigenvalue weighted by atomic mass is 9.64. The number of benzene rings is 1. The molecule has 0 amide bonds. The van der Waals surface area contributed by atoms with E-state index in [9.17, 15) is 0 Å². The van der Waals surface area contributed by atoms with Gasteiger partial charge in [-0.15, -0.1) is 0 Å². The van der Waals surface area contributed by atoms with Gasteiger partial charge in [0.2, 0.25) is 5.95 Å². The first kappa shape index (κ1) is 17.8. The number of halogens is 1. The number of anilines is 1. The number of nitrogens with two attached hydrogens (primary N) is 1. The van der Waals surface area contributed by atoms with Crippen LogP contribution in [0.2, 0.25) is 5.15 Å². The van der Waals surface area contributed by atoms with Gasteiger partial charge in [-0.3, -0.25) is 0 Å². The zero-order valence-electron chi connectivity index (χ0n) is 15.4. The van der Waals surface area contributed by atoms with Crippen LogP contribution in [0.1, 0.15) is 30.7 Å². The number of nitrogens with zero attached hydrogens (tertiary/aromatic N) is 5. The van der Waals surface area contributed by atoms with Crippen molar-refractivity contribution in [3.63, 3.8) is 0 Å². The molecule has 0 saturated heterocycles. The van der Waals surface area contributed by atoms with Crippen LogP contribution >= 0.6 is 11.6 Å². The normalized spacial score (nSPS) is 15.1. The van der Waals surface area contributed by atoms with Gasteiger partial charge in [0.1, 0.15) is 5.15 Å². The number of aromatic nitrogens is 5. The summed E-state index contributed by atoms with van der Waals surface area (Å²) in [4.78, 5) is 16.9. The Hall–Kier alpha value is -3.32. The molecule has 3 aromatic heterocycles. The summed E-state index contributed by atoms with van der Waals surface area (Å²) in [5.41, 5.74) is 9.07. The number of hydrogen-bond acceptors (Lipinski definition) is 7. The monoisotopic (exact) mass is 404 g/mol. The van der Waals surface area contributed by atoms with Gasteiger partial charge < -0.3 is 10.3 Å². The number of nitrogen functional groups attached to an aromatic ring is 1. The van der Waals surface area contributed by atoms with Crippen LogP contribution in [0.5, 0.6) is 0 Å². The molecule has 4 aromatic rings. The molecule has 8 heteroatoms. The average molecular weight is 405 g/mol. The summed E-state index contributed by atoms with van der Waals surface area (Å²) in [6.45, 7) is 0. The molecular formula is C21H17ClN6O. The van der Waals surface area contributed by atoms with Crippen LogP contribution in [-0.4, -0.2) is 25.1 Å². The van der Waals surface area contributed by atoms with Gasteiger partial charge in [-0.25, -0.2) is 15.0 Å². The van der Waals surface area contributed by atoms with Gasteiger partial charge >= 0.3 is 0 Å². The molecule has 5 rings (SSSR count). The first-order valence-electron chi connectivity index (χ1n) is 9.29. The van der Waals surface area contributed by atoms with E-state index in [0.29, 0.717) is 22.4 Å². The van der Waals surface area contributed by atoms with E-state index in [-0.39, 0.29) is 11.4 Å². The average Bonchev–Trinajstić information content (AvgIpc) is 3.19. The topological polar surface area (TPSA) is 104 Å². The predicted octanol–water partition coefficient (Wildman–Crippen LogP) is 4.29. The van der Waals surface area contributed by atoms with Crippen LogP contribution in [0, 0.1) is 0 Å². The molecule has 0 radical (unpaired) electrons. The first-order chi connectivity index (χ1) is 14.2. The van der Waals surface area contributed by atoms with Crippen LogP contribution in [-0.2, 0) is 5.41 Å². The molecule has 1 aliphatic carbocycles. The minimum absolute atomic E-state index is 0.243. The van der Waals surface area contributed by atoms with Crippen LogP contribution in [0.4, 0.5) is 5.95 Å². The van der Waals surface area contributed by atoms with Crippen molar-refractivity contribution < 1.29 is 4.52 Å². The van der Waals surface area contributed by atoms with E-state index in [2.05, 4.69) is 49.4 Å². The van der Waals surface area contributed by atoms with Crippen molar-refractivity contribution in [3.05, 3.63) is 71.5 Å². The minimum atomic E-state index is -0.243. The third kappa shape index (κ3) is 3.03. The molecule has 0 atom stereocenters. The predicted molar refractivity (Wildman–Crippen MR) is 109 cm³/mol. The summed E-state index contributed by atoms with van der Waals surface area (Å²) in [6, 6.07) is 12.0. The minimum Gasteiger partial charge on any atom is -0.368 e. The van der Waals surface area contributed by atoms with E-state index < -0.39 is 0 Å². The fourth-order valence-corrected chi connectivity index (χ4v) is 3.91. The quantitative estimate of drug-likeness (QED) is 0.506. The SMILES string of the molecule is Nc1ncc(-c2ccc(C3(c4noc(-c5cccnc5Cl)n4)CCC3)cc2)cn1. The van der Waals surface area contributed by atoms with E-state index in [1.165, 1.54) is 0 Å². The Bertz CT molecular complexity index is 1150. The maximum absolute atomic E-state index is 6.18. The second-order valence-electron chi connectivity index (χ2n) is 7.11. The maximum Gasteiger partial charge on any atom is 0.261 e. The molecule has 3 heterocycles. The summed E-state index contributed by atoms with van der Waals surface area (Å²) >= 11 is 6.18. The van der Waals surface area contributed by atoms with Gasteiger partial charge in [-0.05, 0) is 36.1 Å². The highest BCUT2D eigenvalue weighted by Crippen LogP contribution is 2.48. The van der Waals surface area contributed by atoms with E-state index in [0.717, 1.165) is 36.0 Å². The van der Waals surface area contributed by atoms with E-state index in [1.807, 2.05) is 6.07 Å². The molecule has 2 N–H and O–H groups in total. The first-order valence-corrected chi connectivity index (χ1v) is 9.67. The van der Waals surface area contributed by atoms with Crippen molar-refractivity contribution in [1.82, 2.24) is 25.1 Å². The maximum atomic E-state index is 6.18. The van der Waals surface area contributed by atoms with Gasteiger partial charge in [0.15, 0.2) is 5.82 Å². The lowest BCUT2D eigenvalue weighted by molar-refractivity contribution is 0.273. The molecule has 7 nitrogen and oxygen atoms in total. The Kier molecular flexibility index (Phi) is 4.24. The van der Waals surface area contributed by atoms with Gasteiger partial charge in [0.25, 0.3) is 5.89 Å². The summed E-state index contributed by atoms with van der Waals surface area (Å²) in [5, 5.41) is 4.64. The van der Waals surface area contributed by atoms with E-state index in [1.54, 1.807) is 24.7 Å². The standard InChI is InChI=1S/C21H17ClN6O/c22-17-16(3-1-10-24-17)18-27-19(28-29-18)21(8-2-9-21)15-6-4-13(5-7-15)14-11-25-20(23)26-12-14/h1,3-7,10-12H,2,8-9H2,(H2,23,25,26). The highest BCUT2D eigenvalue weighted by Gasteiger charge is 2.44. The van der Waals surface area contributed by atoms with Crippen molar-refractivity contribution in [2.24, 2.45) is 0 Å². The van der Waals surface area contributed by atoms with E-state index in [4.69, 9.17) is 21.9 Å². The summed E-state index contributed by atoms with van der Waals surface area (Å²) in [6.07, 6.45) is 8.13. The summed E-state index contributed by atoms with van der Waals surface area (Å²) in [5.74, 6) is 1.34. The Morgan fingerprint density at radius 1 is 0.966 bits per heavy atom. The van der Waals surface area contributed by atoms with Crippen molar-refractivity contribution in [2.75, 3.05) is 5.73 Å². The van der Waals surface area contributed by atoms with Crippen LogP contribution in [0.3, 0.4) is 0 Å². The lowest BCUT2D eigenvalue weighted by Crippen LogP contribution is -2.36. The second-order valence-corrected chi connectivity index (χ2v) is 7.47. The molecule has 144 valence electrons. The fraction of sp³-hybridized carbons (Fsp3) is 0.190. The molecule has 1 aromatic carbocycles. The van der Waals surface area contributed by atoms with Crippen LogP contribution in [0.25, 0.3) is 22.6 Å². The fourth-order valence-electron chi connectivity index (χ4n) is 3.71. The molecule has 29 heavy (non-hydrogen) atoms. The number of pyridine rings is 1. The summed E-state index contributed by atoms with van der Waals surface area (Å²) < 4.78 is 5.53. The van der Waals surface area contributed by atoms with Crippen molar-refractivity contribution >= 4 is 17.5 Å². The number of hydrogen-bond donors (Lipinski definition) is 1. The van der Waals surface area contributed by atoms with Crippen molar-refractivity contribution in [1.29, 1.82) is 0 Å².